The van der Waals surface area contributed by atoms with Gasteiger partial charge in [0.2, 0.25) is 0 Å². The van der Waals surface area contributed by atoms with Gasteiger partial charge in [0, 0.05) is 146 Å². The molecule has 2 atom stereocenters. The molecule has 6 heterocycles. The fraction of sp³-hybridized carbons (Fsp3) is 0.292. The molecule has 328 valence electrons. The molecule has 4 N–H and O–H groups in total. The summed E-state index contributed by atoms with van der Waals surface area (Å²) in [6.45, 7) is 5.92. The number of ether oxygens (including phenoxy) is 2. The summed E-state index contributed by atoms with van der Waals surface area (Å²) < 4.78 is 12.5. The first-order chi connectivity index (χ1) is 31.1. The second kappa shape index (κ2) is 18.4. The van der Waals surface area contributed by atoms with Crippen molar-refractivity contribution < 1.29 is 28.7 Å². The molecular formula is C48H46Cl2N8O6. The average Bonchev–Trinajstić information content (AvgIpc) is 3.97. The molecule has 0 bridgehead atoms. The van der Waals surface area contributed by atoms with Gasteiger partial charge in [0.1, 0.15) is 11.5 Å². The predicted molar refractivity (Wildman–Crippen MR) is 246 cm³/mol. The first-order valence-electron chi connectivity index (χ1n) is 21.3. The van der Waals surface area contributed by atoms with Crippen LogP contribution in [0.1, 0.15) is 31.8 Å². The smallest absolute Gasteiger partial charge is 0.264 e. The van der Waals surface area contributed by atoms with Gasteiger partial charge in [-0.3, -0.25) is 29.1 Å². The predicted octanol–water partition coefficient (Wildman–Crippen LogP) is 5.30. The number of hydrogen-bond acceptors (Lipinski definition) is 10. The van der Waals surface area contributed by atoms with Gasteiger partial charge in [-0.2, -0.15) is 0 Å². The number of aromatic nitrogens is 2. The summed E-state index contributed by atoms with van der Waals surface area (Å²) in [7, 11) is 3.20. The topological polar surface area (TPSA) is 167 Å². The number of pyridine rings is 2. The Hall–Kier alpha value is -6.32. The molecule has 6 aromatic rings. The monoisotopic (exact) mass is 900 g/mol. The number of carbonyl (C=O) groups is 4. The lowest BCUT2D eigenvalue weighted by Crippen LogP contribution is -2.50. The molecular weight excluding hydrogens is 855 g/mol. The Kier molecular flexibility index (Phi) is 12.4. The summed E-state index contributed by atoms with van der Waals surface area (Å²) in [5.41, 5.74) is 7.76. The van der Waals surface area contributed by atoms with Crippen LogP contribution in [0.15, 0.2) is 85.2 Å². The van der Waals surface area contributed by atoms with Crippen LogP contribution in [0.5, 0.6) is 11.5 Å². The van der Waals surface area contributed by atoms with Crippen molar-refractivity contribution in [2.45, 2.75) is 25.0 Å². The molecule has 2 saturated heterocycles. The molecule has 0 spiro atoms. The number of hydrogen-bond donors (Lipinski definition) is 4. The lowest BCUT2D eigenvalue weighted by atomic mass is 9.97. The van der Waals surface area contributed by atoms with Gasteiger partial charge >= 0.3 is 0 Å². The number of nitrogens with zero attached hydrogens (tertiary/aromatic N) is 4. The Morgan fingerprint density at radius 1 is 0.578 bits per heavy atom. The van der Waals surface area contributed by atoms with E-state index in [1.54, 1.807) is 50.8 Å². The molecule has 0 saturated carbocycles. The third-order valence-corrected chi connectivity index (χ3v) is 12.5. The van der Waals surface area contributed by atoms with Gasteiger partial charge < -0.3 is 40.5 Å². The Labute approximate surface area is 379 Å². The Morgan fingerprint density at radius 2 is 0.984 bits per heavy atom. The van der Waals surface area contributed by atoms with Gasteiger partial charge in [-0.25, -0.2) is 0 Å². The lowest BCUT2D eigenvalue weighted by molar-refractivity contribution is -0.139. The van der Waals surface area contributed by atoms with Crippen molar-refractivity contribution in [2.75, 3.05) is 66.5 Å². The van der Waals surface area contributed by atoms with Crippen LogP contribution < -0.4 is 30.7 Å². The van der Waals surface area contributed by atoms with E-state index in [0.29, 0.717) is 82.7 Å². The van der Waals surface area contributed by atoms with Crippen LogP contribution in [0, 0.1) is 0 Å². The van der Waals surface area contributed by atoms with E-state index in [1.807, 2.05) is 58.3 Å². The van der Waals surface area contributed by atoms with E-state index in [2.05, 4.69) is 31.2 Å². The van der Waals surface area contributed by atoms with Crippen molar-refractivity contribution in [1.82, 2.24) is 41.0 Å². The molecule has 0 unspecified atom stereocenters. The summed E-state index contributed by atoms with van der Waals surface area (Å²) in [6, 6.07) is 22.1. The number of benzene rings is 4. The first-order valence-corrected chi connectivity index (χ1v) is 22.1. The van der Waals surface area contributed by atoms with E-state index in [4.69, 9.17) is 32.7 Å². The SMILES string of the molecule is CNC(=O)c1ccc2c(-c3cc(Cl)cc4c3O[C@@H](C(=O)N3CCNCC3)C4)ccnc2c1.CNC(=O)c1ccc2c(-c3cc(Cl)cc4c3O[C@H](C(=O)N3CCNCC3)C4)ccnc2c1. The summed E-state index contributed by atoms with van der Waals surface area (Å²) >= 11 is 12.9. The minimum Gasteiger partial charge on any atom is -0.479 e. The number of amides is 4. The second-order valence-electron chi connectivity index (χ2n) is 16.0. The Morgan fingerprint density at radius 3 is 1.38 bits per heavy atom. The van der Waals surface area contributed by atoms with Crippen LogP contribution in [0.4, 0.5) is 0 Å². The van der Waals surface area contributed by atoms with Crippen molar-refractivity contribution in [3.8, 4) is 33.8 Å². The molecule has 0 aliphatic carbocycles. The van der Waals surface area contributed by atoms with Crippen molar-refractivity contribution in [3.05, 3.63) is 117 Å². The maximum atomic E-state index is 13.0. The van der Waals surface area contributed by atoms with Crippen molar-refractivity contribution in [2.24, 2.45) is 0 Å². The number of piperazine rings is 2. The fourth-order valence-electron chi connectivity index (χ4n) is 8.84. The summed E-state index contributed by atoms with van der Waals surface area (Å²) in [6.07, 6.45) is 3.31. The van der Waals surface area contributed by atoms with Crippen LogP contribution in [-0.4, -0.2) is 122 Å². The molecule has 4 aliphatic rings. The van der Waals surface area contributed by atoms with E-state index in [1.165, 1.54) is 0 Å². The van der Waals surface area contributed by atoms with Crippen LogP contribution in [-0.2, 0) is 22.4 Å². The van der Waals surface area contributed by atoms with Gasteiger partial charge in [0.15, 0.2) is 12.2 Å². The van der Waals surface area contributed by atoms with Gasteiger partial charge in [-0.05, 0) is 71.8 Å². The number of nitrogens with one attached hydrogen (secondary N) is 4. The molecule has 16 heteroatoms. The highest BCUT2D eigenvalue weighted by atomic mass is 35.5. The fourth-order valence-corrected chi connectivity index (χ4v) is 9.32. The highest BCUT2D eigenvalue weighted by Gasteiger charge is 2.36. The van der Waals surface area contributed by atoms with Gasteiger partial charge in [-0.1, -0.05) is 35.3 Å². The highest BCUT2D eigenvalue weighted by Crippen LogP contribution is 2.45. The van der Waals surface area contributed by atoms with E-state index < -0.39 is 12.2 Å². The quantitative estimate of drug-likeness (QED) is 0.172. The average molecular weight is 902 g/mol. The zero-order valence-corrected chi connectivity index (χ0v) is 36.8. The van der Waals surface area contributed by atoms with Crippen LogP contribution in [0.3, 0.4) is 0 Å². The molecule has 0 radical (unpaired) electrons. The Bertz CT molecular complexity index is 2640. The second-order valence-corrected chi connectivity index (χ2v) is 16.9. The lowest BCUT2D eigenvalue weighted by Gasteiger charge is -2.29. The zero-order chi connectivity index (χ0) is 44.5. The highest BCUT2D eigenvalue weighted by molar-refractivity contribution is 6.31. The maximum absolute atomic E-state index is 13.0. The molecule has 14 nitrogen and oxygen atoms in total. The number of halogens is 2. The van der Waals surface area contributed by atoms with E-state index in [9.17, 15) is 19.2 Å². The largest absolute Gasteiger partial charge is 0.479 e. The van der Waals surface area contributed by atoms with E-state index in [0.717, 1.165) is 70.3 Å². The van der Waals surface area contributed by atoms with E-state index >= 15 is 0 Å². The minimum atomic E-state index is -0.548. The molecule has 10 rings (SSSR count). The summed E-state index contributed by atoms with van der Waals surface area (Å²) in [5, 5.41) is 14.7. The third kappa shape index (κ3) is 8.53. The van der Waals surface area contributed by atoms with Gasteiger partial charge in [-0.15, -0.1) is 0 Å². The Balaban J connectivity index is 0.000000162. The number of carbonyl (C=O) groups excluding carboxylic acids is 4. The summed E-state index contributed by atoms with van der Waals surface area (Å²) in [5.74, 6) is 1.07. The number of fused-ring (bicyclic) bond motifs is 4. The van der Waals surface area contributed by atoms with Gasteiger partial charge in [0.05, 0.1) is 11.0 Å². The van der Waals surface area contributed by atoms with Gasteiger partial charge in [0.25, 0.3) is 23.6 Å². The number of rotatable bonds is 6. The van der Waals surface area contributed by atoms with Crippen molar-refractivity contribution >= 4 is 68.6 Å². The standard InChI is InChI=1S/2C24H23ClN4O3/c2*1-26-23(30)14-2-3-18-17(4-5-28-20(18)11-14)19-13-16(25)10-15-12-21(32-22(15)19)24(31)29-8-6-27-7-9-29/h2*2-5,10-11,13,21,27H,6-9,12H2,1H3,(H,26,30)/t2*21-/m10/s1. The van der Waals surface area contributed by atoms with Crippen molar-refractivity contribution in [1.29, 1.82) is 0 Å². The minimum absolute atomic E-state index is 0.0135. The molecule has 4 aromatic carbocycles. The molecule has 4 aliphatic heterocycles. The van der Waals surface area contributed by atoms with Crippen LogP contribution >= 0.6 is 23.2 Å². The molecule has 2 fully saturated rings. The maximum Gasteiger partial charge on any atom is 0.264 e. The zero-order valence-electron chi connectivity index (χ0n) is 35.3. The first kappa shape index (κ1) is 43.0. The van der Waals surface area contributed by atoms with Crippen molar-refractivity contribution in [3.63, 3.8) is 0 Å². The molecule has 2 aromatic heterocycles. The van der Waals surface area contributed by atoms with E-state index in [-0.39, 0.29) is 23.6 Å². The molecule has 64 heavy (non-hydrogen) atoms. The normalized spacial score (nSPS) is 17.7. The summed E-state index contributed by atoms with van der Waals surface area (Å²) in [4.78, 5) is 62.7. The molecule has 4 amide bonds. The van der Waals surface area contributed by atoms with Crippen LogP contribution in [0.2, 0.25) is 10.0 Å². The van der Waals surface area contributed by atoms with Crippen LogP contribution in [0.25, 0.3) is 44.1 Å². The third-order valence-electron chi connectivity index (χ3n) is 12.0.